The number of carbonyl (C=O) groups is 1. The van der Waals surface area contributed by atoms with Crippen LogP contribution in [0.1, 0.15) is 30.7 Å². The van der Waals surface area contributed by atoms with Crippen molar-refractivity contribution in [1.82, 2.24) is 15.0 Å². The zero-order chi connectivity index (χ0) is 21.8. The third-order valence-electron chi connectivity index (χ3n) is 5.20. The standard InChI is InChI=1S/C23H25N3O5/c1-4-30-18-7-5-6-15(8-18)13-26-14-17(11-21(26)27)22-24-23(31-25-22)16-9-19(28-2)12-20(10-16)29-3/h5-10,12,17H,4,11,13-14H2,1-3H3. The van der Waals surface area contributed by atoms with Gasteiger partial charge in [-0.15, -0.1) is 0 Å². The summed E-state index contributed by atoms with van der Waals surface area (Å²) >= 11 is 0. The molecule has 8 heteroatoms. The second kappa shape index (κ2) is 9.07. The highest BCUT2D eigenvalue weighted by Crippen LogP contribution is 2.32. The molecule has 8 nitrogen and oxygen atoms in total. The number of carbonyl (C=O) groups excluding carboxylic acids is 1. The van der Waals surface area contributed by atoms with Crippen molar-refractivity contribution in [3.8, 4) is 28.7 Å². The van der Waals surface area contributed by atoms with Crippen LogP contribution in [0.4, 0.5) is 0 Å². The Morgan fingerprint density at radius 2 is 1.87 bits per heavy atom. The van der Waals surface area contributed by atoms with Crippen molar-refractivity contribution in [2.75, 3.05) is 27.4 Å². The summed E-state index contributed by atoms with van der Waals surface area (Å²) in [4.78, 5) is 19.0. The van der Waals surface area contributed by atoms with E-state index in [1.165, 1.54) is 0 Å². The first-order chi connectivity index (χ1) is 15.1. The van der Waals surface area contributed by atoms with Crippen molar-refractivity contribution < 1.29 is 23.5 Å². The molecule has 1 fully saturated rings. The molecule has 3 aromatic rings. The first-order valence-electron chi connectivity index (χ1n) is 10.2. The van der Waals surface area contributed by atoms with Gasteiger partial charge in [0.1, 0.15) is 17.2 Å². The number of likely N-dealkylation sites (tertiary alicyclic amines) is 1. The number of amides is 1. The highest BCUT2D eigenvalue weighted by molar-refractivity contribution is 5.79. The van der Waals surface area contributed by atoms with Crippen LogP contribution in [0.2, 0.25) is 0 Å². The van der Waals surface area contributed by atoms with Gasteiger partial charge in [0.05, 0.1) is 20.8 Å². The zero-order valence-electron chi connectivity index (χ0n) is 17.8. The van der Waals surface area contributed by atoms with Gasteiger partial charge in [0, 0.05) is 37.1 Å². The summed E-state index contributed by atoms with van der Waals surface area (Å²) in [6.07, 6.45) is 0.353. The molecule has 31 heavy (non-hydrogen) atoms. The molecule has 1 aliphatic rings. The van der Waals surface area contributed by atoms with E-state index in [1.54, 1.807) is 32.4 Å². The predicted molar refractivity (Wildman–Crippen MR) is 113 cm³/mol. The topological polar surface area (TPSA) is 86.9 Å². The highest BCUT2D eigenvalue weighted by Gasteiger charge is 2.34. The highest BCUT2D eigenvalue weighted by atomic mass is 16.5. The molecule has 0 N–H and O–H groups in total. The number of hydrogen-bond donors (Lipinski definition) is 0. The molecule has 0 saturated carbocycles. The molecule has 0 bridgehead atoms. The quantitative estimate of drug-likeness (QED) is 0.546. The molecule has 0 radical (unpaired) electrons. The maximum absolute atomic E-state index is 12.6. The Morgan fingerprint density at radius 1 is 1.10 bits per heavy atom. The maximum atomic E-state index is 12.6. The summed E-state index contributed by atoms with van der Waals surface area (Å²) in [5.74, 6) is 2.91. The lowest BCUT2D eigenvalue weighted by Crippen LogP contribution is -2.24. The number of hydrogen-bond acceptors (Lipinski definition) is 7. The van der Waals surface area contributed by atoms with Gasteiger partial charge in [-0.3, -0.25) is 4.79 Å². The Balaban J connectivity index is 1.48. The van der Waals surface area contributed by atoms with E-state index >= 15 is 0 Å². The summed E-state index contributed by atoms with van der Waals surface area (Å²) in [5.41, 5.74) is 1.72. The molecule has 162 valence electrons. The van der Waals surface area contributed by atoms with Crippen LogP contribution < -0.4 is 14.2 Å². The molecule has 1 unspecified atom stereocenters. The minimum absolute atomic E-state index is 0.0706. The zero-order valence-corrected chi connectivity index (χ0v) is 17.8. The van der Waals surface area contributed by atoms with E-state index in [9.17, 15) is 4.79 Å². The molecule has 1 aliphatic heterocycles. The average Bonchev–Trinajstić information content (AvgIpc) is 3.41. The monoisotopic (exact) mass is 423 g/mol. The van der Waals surface area contributed by atoms with Gasteiger partial charge in [0.2, 0.25) is 5.91 Å². The number of nitrogens with zero attached hydrogens (tertiary/aromatic N) is 3. The Morgan fingerprint density at radius 3 is 2.58 bits per heavy atom. The lowest BCUT2D eigenvalue weighted by molar-refractivity contribution is -0.128. The van der Waals surface area contributed by atoms with Crippen molar-refractivity contribution in [1.29, 1.82) is 0 Å². The Hall–Kier alpha value is -3.55. The Kier molecular flexibility index (Phi) is 6.06. The number of methoxy groups -OCH3 is 2. The van der Waals surface area contributed by atoms with Gasteiger partial charge < -0.3 is 23.6 Å². The molecular weight excluding hydrogens is 398 g/mol. The van der Waals surface area contributed by atoms with E-state index in [2.05, 4.69) is 10.1 Å². The first-order valence-corrected chi connectivity index (χ1v) is 10.2. The Bertz CT molecular complexity index is 1040. The van der Waals surface area contributed by atoms with Gasteiger partial charge in [-0.2, -0.15) is 4.98 Å². The number of rotatable bonds is 8. The van der Waals surface area contributed by atoms with Crippen molar-refractivity contribution >= 4 is 5.91 Å². The van der Waals surface area contributed by atoms with Crippen molar-refractivity contribution in [2.24, 2.45) is 0 Å². The van der Waals surface area contributed by atoms with E-state index in [1.807, 2.05) is 36.1 Å². The number of benzene rings is 2. The van der Waals surface area contributed by atoms with Crippen LogP contribution in [-0.2, 0) is 11.3 Å². The van der Waals surface area contributed by atoms with Crippen LogP contribution in [0.15, 0.2) is 47.0 Å². The summed E-state index contributed by atoms with van der Waals surface area (Å²) in [7, 11) is 3.17. The van der Waals surface area contributed by atoms with Crippen molar-refractivity contribution in [2.45, 2.75) is 25.8 Å². The van der Waals surface area contributed by atoms with E-state index in [0.717, 1.165) is 11.3 Å². The van der Waals surface area contributed by atoms with Gasteiger partial charge in [-0.05, 0) is 36.8 Å². The average molecular weight is 423 g/mol. The lowest BCUT2D eigenvalue weighted by atomic mass is 10.1. The number of aromatic nitrogens is 2. The van der Waals surface area contributed by atoms with Gasteiger partial charge in [0.15, 0.2) is 5.82 Å². The van der Waals surface area contributed by atoms with Crippen LogP contribution in [0.3, 0.4) is 0 Å². The third-order valence-corrected chi connectivity index (χ3v) is 5.20. The molecule has 1 atom stereocenters. The van der Waals surface area contributed by atoms with Crippen molar-refractivity contribution in [3.05, 3.63) is 53.9 Å². The second-order valence-electron chi connectivity index (χ2n) is 7.31. The molecule has 2 aromatic carbocycles. The molecule has 2 heterocycles. The number of ether oxygens (including phenoxy) is 3. The molecular formula is C23H25N3O5. The normalized spacial score (nSPS) is 15.9. The molecule has 4 rings (SSSR count). The largest absolute Gasteiger partial charge is 0.497 e. The summed E-state index contributed by atoms with van der Waals surface area (Å²) in [6.45, 7) is 3.61. The van der Waals surface area contributed by atoms with Gasteiger partial charge >= 0.3 is 0 Å². The molecule has 0 spiro atoms. The SMILES string of the molecule is CCOc1cccc(CN2CC(c3noc(-c4cc(OC)cc(OC)c4)n3)CC2=O)c1. The second-order valence-corrected chi connectivity index (χ2v) is 7.31. The molecule has 1 amide bonds. The maximum Gasteiger partial charge on any atom is 0.258 e. The fourth-order valence-electron chi connectivity index (χ4n) is 3.67. The van der Waals surface area contributed by atoms with Crippen LogP contribution in [-0.4, -0.2) is 48.3 Å². The Labute approximate surface area is 180 Å². The summed E-state index contributed by atoms with van der Waals surface area (Å²) in [5, 5.41) is 4.13. The van der Waals surface area contributed by atoms with Crippen molar-refractivity contribution in [3.63, 3.8) is 0 Å². The van der Waals surface area contributed by atoms with Crippen LogP contribution in [0.25, 0.3) is 11.5 Å². The first kappa shape index (κ1) is 20.7. The summed E-state index contributed by atoms with van der Waals surface area (Å²) in [6, 6.07) is 13.2. The molecule has 1 aromatic heterocycles. The van der Waals surface area contributed by atoms with Gasteiger partial charge in [0.25, 0.3) is 5.89 Å². The van der Waals surface area contributed by atoms with Crippen LogP contribution in [0.5, 0.6) is 17.2 Å². The van der Waals surface area contributed by atoms with Gasteiger partial charge in [-0.25, -0.2) is 0 Å². The fourth-order valence-corrected chi connectivity index (χ4v) is 3.67. The molecule has 1 saturated heterocycles. The third kappa shape index (κ3) is 4.63. The minimum atomic E-state index is -0.118. The smallest absolute Gasteiger partial charge is 0.258 e. The summed E-state index contributed by atoms with van der Waals surface area (Å²) < 4.78 is 21.6. The van der Waals surface area contributed by atoms with E-state index < -0.39 is 0 Å². The van der Waals surface area contributed by atoms with Crippen LogP contribution in [0, 0.1) is 0 Å². The van der Waals surface area contributed by atoms with E-state index in [-0.39, 0.29) is 11.8 Å². The van der Waals surface area contributed by atoms with E-state index in [0.29, 0.717) is 54.9 Å². The minimum Gasteiger partial charge on any atom is -0.497 e. The fraction of sp³-hybridized carbons (Fsp3) is 0.348. The molecule has 0 aliphatic carbocycles. The van der Waals surface area contributed by atoms with Gasteiger partial charge in [-0.1, -0.05) is 17.3 Å². The van der Waals surface area contributed by atoms with E-state index in [4.69, 9.17) is 18.7 Å². The predicted octanol–water partition coefficient (Wildman–Crippen LogP) is 3.67. The lowest BCUT2D eigenvalue weighted by Gasteiger charge is -2.16. The van der Waals surface area contributed by atoms with Crippen LogP contribution >= 0.6 is 0 Å².